The Bertz CT molecular complexity index is 734. The summed E-state index contributed by atoms with van der Waals surface area (Å²) in [7, 11) is 7.53. The van der Waals surface area contributed by atoms with Gasteiger partial charge in [0.25, 0.3) is 0 Å². The van der Waals surface area contributed by atoms with Crippen molar-refractivity contribution < 1.29 is 33.9 Å². The first-order valence-electron chi connectivity index (χ1n) is 8.73. The molecule has 0 saturated carbocycles. The molecule has 0 amide bonds. The minimum atomic E-state index is -0.825. The molecule has 2 N–H and O–H groups in total. The number of methoxy groups -OCH3 is 5. The number of aliphatic hydroxyl groups is 2. The van der Waals surface area contributed by atoms with Crippen molar-refractivity contribution in [2.75, 3.05) is 35.5 Å². The molecule has 1 aromatic carbocycles. The highest BCUT2D eigenvalue weighted by Gasteiger charge is 2.19. The molecule has 1 heterocycles. The van der Waals surface area contributed by atoms with Crippen LogP contribution in [0.15, 0.2) is 24.3 Å². The van der Waals surface area contributed by atoms with Gasteiger partial charge in [-0.2, -0.15) is 4.98 Å². The third-order valence-corrected chi connectivity index (χ3v) is 4.39. The van der Waals surface area contributed by atoms with Crippen LogP contribution in [0.4, 0.5) is 0 Å². The topological polar surface area (TPSA) is 99.5 Å². The van der Waals surface area contributed by atoms with Crippen molar-refractivity contribution >= 4 is 0 Å². The lowest BCUT2D eigenvalue weighted by Crippen LogP contribution is -2.05. The maximum absolute atomic E-state index is 10.6. The smallest absolute Gasteiger partial charge is 0.216 e. The summed E-state index contributed by atoms with van der Waals surface area (Å²) in [6.45, 7) is 0. The minimum Gasteiger partial charge on any atom is -0.493 e. The average molecular weight is 393 g/mol. The fraction of sp³-hybridized carbons (Fsp3) is 0.450. The molecule has 1 aromatic heterocycles. The van der Waals surface area contributed by atoms with E-state index in [1.54, 1.807) is 24.3 Å². The molecule has 0 aliphatic rings. The SMILES string of the molecule is COc1cc(C(O)CCC(O)c2cc(OC)c(OC)c(OC)c2)cc(OC)n1. The third-order valence-electron chi connectivity index (χ3n) is 4.39. The predicted molar refractivity (Wildman–Crippen MR) is 103 cm³/mol. The predicted octanol–water partition coefficient (Wildman–Crippen LogP) is 2.67. The molecule has 8 nitrogen and oxygen atoms in total. The van der Waals surface area contributed by atoms with Gasteiger partial charge in [0.15, 0.2) is 11.5 Å². The Hall–Kier alpha value is -2.71. The second kappa shape index (κ2) is 10.0. The van der Waals surface area contributed by atoms with Crippen molar-refractivity contribution in [1.29, 1.82) is 0 Å². The van der Waals surface area contributed by atoms with E-state index in [-0.39, 0.29) is 0 Å². The van der Waals surface area contributed by atoms with Gasteiger partial charge in [0.05, 0.1) is 47.8 Å². The molecule has 2 unspecified atom stereocenters. The molecular weight excluding hydrogens is 366 g/mol. The van der Waals surface area contributed by atoms with Crippen molar-refractivity contribution in [2.45, 2.75) is 25.0 Å². The van der Waals surface area contributed by atoms with E-state index < -0.39 is 12.2 Å². The highest BCUT2D eigenvalue weighted by molar-refractivity contribution is 5.54. The highest BCUT2D eigenvalue weighted by Crippen LogP contribution is 2.40. The second-order valence-corrected chi connectivity index (χ2v) is 6.05. The van der Waals surface area contributed by atoms with Crippen LogP contribution in [0.25, 0.3) is 0 Å². The van der Waals surface area contributed by atoms with Gasteiger partial charge in [0.2, 0.25) is 17.5 Å². The molecule has 0 saturated heterocycles. The molecule has 0 spiro atoms. The summed E-state index contributed by atoms with van der Waals surface area (Å²) in [5, 5.41) is 21.1. The molecule has 0 aliphatic carbocycles. The summed E-state index contributed by atoms with van der Waals surface area (Å²) >= 11 is 0. The number of rotatable bonds is 10. The first-order valence-corrected chi connectivity index (χ1v) is 8.73. The maximum Gasteiger partial charge on any atom is 0.216 e. The van der Waals surface area contributed by atoms with Crippen molar-refractivity contribution in [3.05, 3.63) is 35.4 Å². The number of ether oxygens (including phenoxy) is 5. The van der Waals surface area contributed by atoms with Gasteiger partial charge in [0, 0.05) is 12.1 Å². The van der Waals surface area contributed by atoms with Crippen LogP contribution in [0.1, 0.15) is 36.2 Å². The maximum atomic E-state index is 10.6. The Morgan fingerprint density at radius 1 is 0.679 bits per heavy atom. The Labute approximate surface area is 164 Å². The lowest BCUT2D eigenvalue weighted by atomic mass is 9.99. The van der Waals surface area contributed by atoms with Crippen LogP contribution < -0.4 is 23.7 Å². The van der Waals surface area contributed by atoms with E-state index >= 15 is 0 Å². The molecule has 2 atom stereocenters. The zero-order chi connectivity index (χ0) is 20.7. The Morgan fingerprint density at radius 3 is 1.46 bits per heavy atom. The third kappa shape index (κ3) is 4.96. The second-order valence-electron chi connectivity index (χ2n) is 6.05. The molecule has 0 fully saturated rings. The van der Waals surface area contributed by atoms with Crippen LogP contribution in [0.2, 0.25) is 0 Å². The van der Waals surface area contributed by atoms with Gasteiger partial charge in [-0.25, -0.2) is 0 Å². The molecule has 28 heavy (non-hydrogen) atoms. The molecule has 8 heteroatoms. The Morgan fingerprint density at radius 2 is 1.11 bits per heavy atom. The van der Waals surface area contributed by atoms with E-state index in [1.165, 1.54) is 35.5 Å². The van der Waals surface area contributed by atoms with Crippen molar-refractivity contribution in [3.63, 3.8) is 0 Å². The Kier molecular flexibility index (Phi) is 7.71. The number of hydrogen-bond donors (Lipinski definition) is 2. The fourth-order valence-electron chi connectivity index (χ4n) is 2.84. The number of nitrogens with zero attached hydrogens (tertiary/aromatic N) is 1. The molecular formula is C20H27NO7. The van der Waals surface area contributed by atoms with Crippen LogP contribution in [-0.2, 0) is 0 Å². The quantitative estimate of drug-likeness (QED) is 0.636. The van der Waals surface area contributed by atoms with Crippen LogP contribution in [0.3, 0.4) is 0 Å². The van der Waals surface area contributed by atoms with Gasteiger partial charge < -0.3 is 33.9 Å². The van der Waals surface area contributed by atoms with E-state index in [4.69, 9.17) is 23.7 Å². The number of hydrogen-bond acceptors (Lipinski definition) is 8. The zero-order valence-electron chi connectivity index (χ0n) is 16.8. The molecule has 2 aromatic rings. The molecule has 0 bridgehead atoms. The van der Waals surface area contributed by atoms with E-state index in [0.29, 0.717) is 53.0 Å². The standard InChI is InChI=1S/C20H27NO7/c1-24-16-8-12(9-17(25-2)20(16)28-5)14(22)6-7-15(23)13-10-18(26-3)21-19(11-13)27-4/h8-11,14-15,22-23H,6-7H2,1-5H3. The van der Waals surface area contributed by atoms with Crippen LogP contribution in [-0.4, -0.2) is 50.7 Å². The molecule has 0 aliphatic heterocycles. The first-order chi connectivity index (χ1) is 13.5. The summed E-state index contributed by atoms with van der Waals surface area (Å²) in [5.74, 6) is 2.06. The van der Waals surface area contributed by atoms with Crippen LogP contribution >= 0.6 is 0 Å². The molecule has 0 radical (unpaired) electrons. The van der Waals surface area contributed by atoms with Gasteiger partial charge in [0.1, 0.15) is 0 Å². The van der Waals surface area contributed by atoms with Crippen LogP contribution in [0.5, 0.6) is 29.0 Å². The van der Waals surface area contributed by atoms with E-state index in [2.05, 4.69) is 4.98 Å². The normalized spacial score (nSPS) is 12.8. The summed E-state index contributed by atoms with van der Waals surface area (Å²) in [6.07, 6.45) is -1.02. The number of benzene rings is 1. The van der Waals surface area contributed by atoms with E-state index in [1.807, 2.05) is 0 Å². The van der Waals surface area contributed by atoms with Gasteiger partial charge in [-0.1, -0.05) is 0 Å². The van der Waals surface area contributed by atoms with Crippen molar-refractivity contribution in [2.24, 2.45) is 0 Å². The van der Waals surface area contributed by atoms with Crippen LogP contribution in [0, 0.1) is 0 Å². The fourth-order valence-corrected chi connectivity index (χ4v) is 2.84. The summed E-state index contributed by atoms with van der Waals surface area (Å²) in [4.78, 5) is 4.11. The highest BCUT2D eigenvalue weighted by atomic mass is 16.5. The lowest BCUT2D eigenvalue weighted by molar-refractivity contribution is 0.114. The lowest BCUT2D eigenvalue weighted by Gasteiger charge is -2.18. The summed E-state index contributed by atoms with van der Waals surface area (Å²) in [5.41, 5.74) is 1.20. The minimum absolute atomic E-state index is 0.312. The van der Waals surface area contributed by atoms with Gasteiger partial charge >= 0.3 is 0 Å². The van der Waals surface area contributed by atoms with Crippen molar-refractivity contribution in [1.82, 2.24) is 4.98 Å². The largest absolute Gasteiger partial charge is 0.493 e. The number of aliphatic hydroxyl groups excluding tert-OH is 2. The summed E-state index contributed by atoms with van der Waals surface area (Å²) in [6, 6.07) is 6.66. The van der Waals surface area contributed by atoms with Gasteiger partial charge in [-0.15, -0.1) is 0 Å². The first kappa shape index (κ1) is 21.6. The van der Waals surface area contributed by atoms with E-state index in [9.17, 15) is 10.2 Å². The van der Waals surface area contributed by atoms with Gasteiger partial charge in [-0.3, -0.25) is 0 Å². The van der Waals surface area contributed by atoms with E-state index in [0.717, 1.165) is 0 Å². The van der Waals surface area contributed by atoms with Crippen molar-refractivity contribution in [3.8, 4) is 29.0 Å². The van der Waals surface area contributed by atoms with Gasteiger partial charge in [-0.05, 0) is 36.1 Å². The molecule has 154 valence electrons. The zero-order valence-corrected chi connectivity index (χ0v) is 16.8. The monoisotopic (exact) mass is 393 g/mol. The summed E-state index contributed by atoms with van der Waals surface area (Å²) < 4.78 is 26.2. The number of aromatic nitrogens is 1. The Balaban J connectivity index is 2.14. The molecule has 2 rings (SSSR count). The number of pyridine rings is 1. The average Bonchev–Trinajstić information content (AvgIpc) is 2.75.